The van der Waals surface area contributed by atoms with Crippen LogP contribution in [0.25, 0.3) is 0 Å². The van der Waals surface area contributed by atoms with Crippen molar-refractivity contribution >= 4 is 23.4 Å². The summed E-state index contributed by atoms with van der Waals surface area (Å²) in [6.45, 7) is 5.05. The van der Waals surface area contributed by atoms with E-state index in [9.17, 15) is 4.79 Å². The van der Waals surface area contributed by atoms with Crippen molar-refractivity contribution < 1.29 is 14.6 Å². The van der Waals surface area contributed by atoms with Gasteiger partial charge in [-0.1, -0.05) is 11.6 Å². The first-order valence-corrected chi connectivity index (χ1v) is 5.45. The maximum Gasteiger partial charge on any atom is 0.412 e. The number of halogens is 1. The quantitative estimate of drug-likeness (QED) is 0.800. The van der Waals surface area contributed by atoms with E-state index < -0.39 is 11.7 Å². The number of carbonyl (C=O) groups is 1. The second kappa shape index (κ2) is 5.33. The highest BCUT2D eigenvalue weighted by atomic mass is 35.5. The average molecular weight is 259 g/mol. The Morgan fingerprint density at radius 1 is 1.59 bits per heavy atom. The van der Waals surface area contributed by atoms with Crippen LogP contribution in [-0.4, -0.2) is 21.8 Å². The minimum atomic E-state index is -0.602. The van der Waals surface area contributed by atoms with Crippen LogP contribution in [0.4, 0.5) is 10.5 Å². The SMILES string of the molecule is CC(C)(C)OC(=O)Nc1cc(Cl)ncc1CO. The van der Waals surface area contributed by atoms with Gasteiger partial charge in [0.25, 0.3) is 0 Å². The predicted molar refractivity (Wildman–Crippen MR) is 65.0 cm³/mol. The van der Waals surface area contributed by atoms with Crippen LogP contribution < -0.4 is 5.32 Å². The van der Waals surface area contributed by atoms with E-state index in [1.54, 1.807) is 20.8 Å². The number of rotatable bonds is 2. The first-order chi connectivity index (χ1) is 7.81. The Morgan fingerprint density at radius 3 is 2.76 bits per heavy atom. The van der Waals surface area contributed by atoms with Gasteiger partial charge in [0.2, 0.25) is 0 Å². The van der Waals surface area contributed by atoms with Crippen LogP contribution in [0.1, 0.15) is 26.3 Å². The lowest BCUT2D eigenvalue weighted by Gasteiger charge is -2.20. The third kappa shape index (κ3) is 4.58. The first-order valence-electron chi connectivity index (χ1n) is 5.07. The van der Waals surface area contributed by atoms with Crippen LogP contribution in [0.2, 0.25) is 5.15 Å². The fraction of sp³-hybridized carbons (Fsp3) is 0.455. The highest BCUT2D eigenvalue weighted by Gasteiger charge is 2.17. The highest BCUT2D eigenvalue weighted by molar-refractivity contribution is 6.29. The number of aliphatic hydroxyl groups is 1. The summed E-state index contributed by atoms with van der Waals surface area (Å²) < 4.78 is 5.09. The zero-order chi connectivity index (χ0) is 13.1. The molecule has 1 heterocycles. The summed E-state index contributed by atoms with van der Waals surface area (Å²) >= 11 is 5.71. The van der Waals surface area contributed by atoms with Crippen molar-refractivity contribution in [2.24, 2.45) is 0 Å². The molecule has 0 fully saturated rings. The average Bonchev–Trinajstić information content (AvgIpc) is 2.14. The van der Waals surface area contributed by atoms with Crippen molar-refractivity contribution in [2.45, 2.75) is 33.0 Å². The molecule has 0 bridgehead atoms. The van der Waals surface area contributed by atoms with Crippen LogP contribution in [0, 0.1) is 0 Å². The topological polar surface area (TPSA) is 71.5 Å². The molecular formula is C11H15ClN2O3. The Hall–Kier alpha value is -1.33. The van der Waals surface area contributed by atoms with Gasteiger partial charge in [-0.2, -0.15) is 0 Å². The van der Waals surface area contributed by atoms with Gasteiger partial charge in [0.05, 0.1) is 12.3 Å². The van der Waals surface area contributed by atoms with Gasteiger partial charge >= 0.3 is 6.09 Å². The molecule has 1 rings (SSSR count). The fourth-order valence-corrected chi connectivity index (χ4v) is 1.27. The van der Waals surface area contributed by atoms with Gasteiger partial charge in [-0.15, -0.1) is 0 Å². The molecule has 0 radical (unpaired) electrons. The number of nitrogens with one attached hydrogen (secondary N) is 1. The smallest absolute Gasteiger partial charge is 0.412 e. The zero-order valence-electron chi connectivity index (χ0n) is 9.95. The van der Waals surface area contributed by atoms with Crippen molar-refractivity contribution in [1.82, 2.24) is 4.98 Å². The van der Waals surface area contributed by atoms with E-state index in [2.05, 4.69) is 10.3 Å². The van der Waals surface area contributed by atoms with E-state index in [0.29, 0.717) is 11.3 Å². The van der Waals surface area contributed by atoms with Crippen LogP contribution in [0.5, 0.6) is 0 Å². The number of aromatic nitrogens is 1. The van der Waals surface area contributed by atoms with Gasteiger partial charge in [0, 0.05) is 11.8 Å². The summed E-state index contributed by atoms with van der Waals surface area (Å²) in [5, 5.41) is 11.8. The molecule has 94 valence electrons. The maximum atomic E-state index is 11.5. The minimum Gasteiger partial charge on any atom is -0.444 e. The molecule has 0 saturated carbocycles. The van der Waals surface area contributed by atoms with Crippen molar-refractivity contribution in [1.29, 1.82) is 0 Å². The molecule has 0 aliphatic carbocycles. The molecule has 0 aromatic carbocycles. The van der Waals surface area contributed by atoms with E-state index in [0.717, 1.165) is 0 Å². The lowest BCUT2D eigenvalue weighted by atomic mass is 10.2. The van der Waals surface area contributed by atoms with E-state index in [-0.39, 0.29) is 11.8 Å². The lowest BCUT2D eigenvalue weighted by Crippen LogP contribution is -2.27. The van der Waals surface area contributed by atoms with E-state index >= 15 is 0 Å². The highest BCUT2D eigenvalue weighted by Crippen LogP contribution is 2.19. The number of hydrogen-bond acceptors (Lipinski definition) is 4. The third-order valence-electron chi connectivity index (χ3n) is 1.76. The van der Waals surface area contributed by atoms with Gasteiger partial charge in [-0.25, -0.2) is 9.78 Å². The standard InChI is InChI=1S/C11H15ClN2O3/c1-11(2,3)17-10(16)14-8-4-9(12)13-5-7(8)6-15/h4-5,15H,6H2,1-3H3,(H,13,14,16). The monoisotopic (exact) mass is 258 g/mol. The molecule has 0 unspecified atom stereocenters. The van der Waals surface area contributed by atoms with Crippen molar-refractivity contribution in [2.75, 3.05) is 5.32 Å². The Bertz CT molecular complexity index is 416. The minimum absolute atomic E-state index is 0.230. The molecule has 1 aromatic rings. The maximum absolute atomic E-state index is 11.5. The summed E-state index contributed by atoms with van der Waals surface area (Å²) in [5.74, 6) is 0. The largest absolute Gasteiger partial charge is 0.444 e. The van der Waals surface area contributed by atoms with E-state index in [4.69, 9.17) is 21.4 Å². The number of ether oxygens (including phenoxy) is 1. The number of amides is 1. The molecule has 17 heavy (non-hydrogen) atoms. The zero-order valence-corrected chi connectivity index (χ0v) is 10.7. The predicted octanol–water partition coefficient (Wildman–Crippen LogP) is 2.57. The molecule has 2 N–H and O–H groups in total. The Balaban J connectivity index is 2.80. The number of nitrogens with zero attached hydrogens (tertiary/aromatic N) is 1. The molecule has 5 nitrogen and oxygen atoms in total. The van der Waals surface area contributed by atoms with E-state index in [1.807, 2.05) is 0 Å². The van der Waals surface area contributed by atoms with Gasteiger partial charge in [-0.05, 0) is 26.8 Å². The Morgan fingerprint density at radius 2 is 2.24 bits per heavy atom. The van der Waals surface area contributed by atoms with Gasteiger partial charge in [0.1, 0.15) is 10.8 Å². The number of anilines is 1. The van der Waals surface area contributed by atoms with Gasteiger partial charge < -0.3 is 9.84 Å². The fourth-order valence-electron chi connectivity index (χ4n) is 1.11. The van der Waals surface area contributed by atoms with Crippen LogP contribution in [-0.2, 0) is 11.3 Å². The Kier molecular flexibility index (Phi) is 4.31. The summed E-state index contributed by atoms with van der Waals surface area (Å²) in [5.41, 5.74) is 0.280. The number of carbonyl (C=O) groups excluding carboxylic acids is 1. The Labute approximate surface area is 105 Å². The first kappa shape index (κ1) is 13.7. The second-order valence-electron chi connectivity index (χ2n) is 4.45. The third-order valence-corrected chi connectivity index (χ3v) is 1.97. The molecule has 0 spiro atoms. The van der Waals surface area contributed by atoms with Gasteiger partial charge in [0.15, 0.2) is 0 Å². The van der Waals surface area contributed by atoms with Crippen LogP contribution in [0.15, 0.2) is 12.3 Å². The number of hydrogen-bond donors (Lipinski definition) is 2. The summed E-state index contributed by atoms with van der Waals surface area (Å²) in [6.07, 6.45) is 0.796. The second-order valence-corrected chi connectivity index (χ2v) is 4.84. The molecule has 1 amide bonds. The molecule has 6 heteroatoms. The molecule has 1 aromatic heterocycles. The molecule has 0 aliphatic heterocycles. The van der Waals surface area contributed by atoms with Gasteiger partial charge in [-0.3, -0.25) is 5.32 Å². The van der Waals surface area contributed by atoms with Crippen molar-refractivity contribution in [3.8, 4) is 0 Å². The summed E-state index contributed by atoms with van der Waals surface area (Å²) in [6, 6.07) is 1.46. The molecular weight excluding hydrogens is 244 g/mol. The van der Waals surface area contributed by atoms with Crippen molar-refractivity contribution in [3.05, 3.63) is 23.0 Å². The van der Waals surface area contributed by atoms with Crippen LogP contribution >= 0.6 is 11.6 Å². The van der Waals surface area contributed by atoms with Crippen LogP contribution in [0.3, 0.4) is 0 Å². The molecule has 0 aliphatic rings. The van der Waals surface area contributed by atoms with Crippen molar-refractivity contribution in [3.63, 3.8) is 0 Å². The molecule has 0 atom stereocenters. The summed E-state index contributed by atoms with van der Waals surface area (Å²) in [4.78, 5) is 15.3. The van der Waals surface area contributed by atoms with E-state index in [1.165, 1.54) is 12.3 Å². The lowest BCUT2D eigenvalue weighted by molar-refractivity contribution is 0.0635. The normalized spacial score (nSPS) is 11.1. The molecule has 0 saturated heterocycles. The number of pyridine rings is 1. The summed E-state index contributed by atoms with van der Waals surface area (Å²) in [7, 11) is 0. The number of aliphatic hydroxyl groups excluding tert-OH is 1.